The molecule has 0 fully saturated rings. The summed E-state index contributed by atoms with van der Waals surface area (Å²) in [5, 5.41) is 8.54. The summed E-state index contributed by atoms with van der Waals surface area (Å²) in [5.74, 6) is 1.16. The molecule has 0 radical (unpaired) electrons. The Kier molecular flexibility index (Phi) is 8.64. The molecular formula is C31H35N5O3S. The number of carbonyl (C=O) groups excluding carboxylic acids is 1. The average Bonchev–Trinajstić information content (AvgIpc) is 3.44. The summed E-state index contributed by atoms with van der Waals surface area (Å²) in [6.45, 7) is 3.38. The highest BCUT2D eigenvalue weighted by molar-refractivity contribution is 7.07. The van der Waals surface area contributed by atoms with E-state index in [1.165, 1.54) is 16.9 Å². The maximum absolute atomic E-state index is 13.2. The second-order valence-corrected chi connectivity index (χ2v) is 10.9. The van der Waals surface area contributed by atoms with Crippen molar-refractivity contribution in [2.45, 2.75) is 13.0 Å². The van der Waals surface area contributed by atoms with Gasteiger partial charge in [0.2, 0.25) is 0 Å². The molecule has 0 atom stereocenters. The van der Waals surface area contributed by atoms with Crippen molar-refractivity contribution in [3.63, 3.8) is 0 Å². The molecule has 208 valence electrons. The van der Waals surface area contributed by atoms with E-state index in [-0.39, 0.29) is 5.91 Å². The van der Waals surface area contributed by atoms with Crippen LogP contribution in [0, 0.1) is 0 Å². The number of fused-ring (bicyclic) bond motifs is 2. The van der Waals surface area contributed by atoms with Crippen molar-refractivity contribution >= 4 is 34.3 Å². The minimum atomic E-state index is -0.128. The number of anilines is 3. The van der Waals surface area contributed by atoms with E-state index in [0.29, 0.717) is 23.7 Å². The maximum atomic E-state index is 13.2. The van der Waals surface area contributed by atoms with Crippen molar-refractivity contribution in [2.24, 2.45) is 0 Å². The Morgan fingerprint density at radius 1 is 0.850 bits per heavy atom. The third-order valence-corrected chi connectivity index (χ3v) is 7.57. The second kappa shape index (κ2) is 12.5. The number of ether oxygens (including phenoxy) is 2. The molecule has 0 unspecified atom stereocenters. The van der Waals surface area contributed by atoms with Crippen molar-refractivity contribution in [1.29, 1.82) is 0 Å². The van der Waals surface area contributed by atoms with E-state index in [1.807, 2.05) is 47.8 Å². The molecule has 0 spiro atoms. The third kappa shape index (κ3) is 6.62. The molecule has 8 nitrogen and oxygen atoms in total. The molecule has 2 N–H and O–H groups in total. The van der Waals surface area contributed by atoms with Gasteiger partial charge in [-0.15, -0.1) is 11.3 Å². The largest absolute Gasteiger partial charge is 0.493 e. The zero-order valence-electron chi connectivity index (χ0n) is 23.4. The van der Waals surface area contributed by atoms with Gasteiger partial charge in [0.25, 0.3) is 5.91 Å². The van der Waals surface area contributed by atoms with Crippen LogP contribution >= 0.6 is 11.3 Å². The van der Waals surface area contributed by atoms with Gasteiger partial charge >= 0.3 is 0 Å². The Bertz CT molecular complexity index is 1470. The topological polar surface area (TPSA) is 79.0 Å². The number of nitrogens with one attached hydrogen (secondary N) is 2. The highest BCUT2D eigenvalue weighted by atomic mass is 32.1. The van der Waals surface area contributed by atoms with Crippen molar-refractivity contribution in [3.05, 3.63) is 82.3 Å². The van der Waals surface area contributed by atoms with Crippen LogP contribution in [0.2, 0.25) is 0 Å². The molecule has 1 aliphatic rings. The molecule has 1 aromatic heterocycles. The van der Waals surface area contributed by atoms with Gasteiger partial charge < -0.3 is 29.9 Å². The smallest absolute Gasteiger partial charge is 0.257 e. The van der Waals surface area contributed by atoms with Crippen LogP contribution in [-0.2, 0) is 13.0 Å². The quantitative estimate of drug-likeness (QED) is 0.243. The molecular weight excluding hydrogens is 522 g/mol. The lowest BCUT2D eigenvalue weighted by atomic mass is 10.0. The lowest BCUT2D eigenvalue weighted by Crippen LogP contribution is -2.30. The van der Waals surface area contributed by atoms with Crippen LogP contribution in [0.1, 0.15) is 21.6 Å². The fraction of sp³-hybridized carbons (Fsp3) is 0.290. The van der Waals surface area contributed by atoms with E-state index in [9.17, 15) is 4.79 Å². The van der Waals surface area contributed by atoms with Crippen LogP contribution in [0.4, 0.5) is 17.1 Å². The van der Waals surface area contributed by atoms with Crippen LogP contribution in [0.25, 0.3) is 11.1 Å². The molecule has 1 aliphatic heterocycles. The standard InChI is InChI=1S/C31H35N5O3S/c1-35(2)13-14-36(3)12-11-21-5-9-26-28(15-21)34-31(37)25-8-6-22(16-27(25)33-26)23-7-10-29(30(17-23)38-4)39-18-24-19-40-20-32-24/h5-10,15-17,19-20,33H,11-14,18H2,1-4H3,(H,34,37). The van der Waals surface area contributed by atoms with E-state index in [4.69, 9.17) is 9.47 Å². The lowest BCUT2D eigenvalue weighted by molar-refractivity contribution is 0.102. The van der Waals surface area contributed by atoms with Crippen molar-refractivity contribution in [3.8, 4) is 22.6 Å². The second-order valence-electron chi connectivity index (χ2n) is 10.2. The first-order valence-corrected chi connectivity index (χ1v) is 14.2. The van der Waals surface area contributed by atoms with Gasteiger partial charge in [-0.3, -0.25) is 4.79 Å². The predicted octanol–water partition coefficient (Wildman–Crippen LogP) is 5.74. The van der Waals surface area contributed by atoms with Crippen molar-refractivity contribution in [2.75, 3.05) is 58.5 Å². The molecule has 1 amide bonds. The lowest BCUT2D eigenvalue weighted by Gasteiger charge is -2.19. The zero-order chi connectivity index (χ0) is 28.1. The maximum Gasteiger partial charge on any atom is 0.257 e. The summed E-state index contributed by atoms with van der Waals surface area (Å²) >= 11 is 1.54. The first-order valence-electron chi connectivity index (χ1n) is 13.3. The number of carbonyl (C=O) groups is 1. The molecule has 2 heterocycles. The van der Waals surface area contributed by atoms with Crippen molar-refractivity contribution in [1.82, 2.24) is 14.8 Å². The summed E-state index contributed by atoms with van der Waals surface area (Å²) in [6, 6.07) is 17.9. The molecule has 0 aliphatic carbocycles. The van der Waals surface area contributed by atoms with Crippen LogP contribution in [-0.4, -0.2) is 68.6 Å². The minimum absolute atomic E-state index is 0.128. The zero-order valence-corrected chi connectivity index (χ0v) is 24.2. The number of aromatic nitrogens is 1. The average molecular weight is 558 g/mol. The van der Waals surface area contributed by atoms with Gasteiger partial charge in [0.15, 0.2) is 11.5 Å². The van der Waals surface area contributed by atoms with E-state index in [1.54, 1.807) is 12.6 Å². The summed E-state index contributed by atoms with van der Waals surface area (Å²) in [5.41, 5.74) is 8.80. The van der Waals surface area contributed by atoms with Crippen LogP contribution in [0.5, 0.6) is 11.5 Å². The van der Waals surface area contributed by atoms with Gasteiger partial charge in [0.05, 0.1) is 40.9 Å². The molecule has 0 saturated carbocycles. The monoisotopic (exact) mass is 557 g/mol. The van der Waals surface area contributed by atoms with Gasteiger partial charge in [-0.1, -0.05) is 18.2 Å². The van der Waals surface area contributed by atoms with E-state index >= 15 is 0 Å². The molecule has 3 aromatic carbocycles. The minimum Gasteiger partial charge on any atom is -0.493 e. The van der Waals surface area contributed by atoms with Gasteiger partial charge in [-0.2, -0.15) is 0 Å². The number of rotatable bonds is 11. The fourth-order valence-electron chi connectivity index (χ4n) is 4.55. The van der Waals surface area contributed by atoms with E-state index < -0.39 is 0 Å². The molecule has 4 aromatic rings. The summed E-state index contributed by atoms with van der Waals surface area (Å²) in [7, 11) is 7.95. The molecule has 40 heavy (non-hydrogen) atoms. The van der Waals surface area contributed by atoms with Crippen LogP contribution in [0.3, 0.4) is 0 Å². The number of benzene rings is 3. The number of methoxy groups -OCH3 is 1. The number of hydrogen-bond donors (Lipinski definition) is 2. The first-order chi connectivity index (χ1) is 19.4. The number of amides is 1. The molecule has 9 heteroatoms. The highest BCUT2D eigenvalue weighted by Crippen LogP contribution is 2.37. The molecule has 0 bridgehead atoms. The molecule has 5 rings (SSSR count). The highest BCUT2D eigenvalue weighted by Gasteiger charge is 2.20. The summed E-state index contributed by atoms with van der Waals surface area (Å²) in [6.07, 6.45) is 0.912. The Morgan fingerprint density at radius 2 is 1.68 bits per heavy atom. The Balaban J connectivity index is 1.32. The Labute approximate surface area is 239 Å². The SMILES string of the molecule is COc1cc(-c2ccc3c(c2)Nc2ccc(CCN(C)CCN(C)C)cc2NC3=O)ccc1OCc1cscn1. The van der Waals surface area contributed by atoms with Crippen LogP contribution in [0.15, 0.2) is 65.5 Å². The Hall–Kier alpha value is -3.92. The number of thiazole rings is 1. The van der Waals surface area contributed by atoms with E-state index in [0.717, 1.165) is 59.9 Å². The summed E-state index contributed by atoms with van der Waals surface area (Å²) in [4.78, 5) is 21.9. The first kappa shape index (κ1) is 27.6. The normalized spacial score (nSPS) is 12.4. The number of nitrogens with zero attached hydrogens (tertiary/aromatic N) is 3. The summed E-state index contributed by atoms with van der Waals surface area (Å²) < 4.78 is 11.5. The van der Waals surface area contributed by atoms with Crippen LogP contribution < -0.4 is 20.1 Å². The van der Waals surface area contributed by atoms with Gasteiger partial charge in [0.1, 0.15) is 6.61 Å². The number of likely N-dealkylation sites (N-methyl/N-ethyl adjacent to an activating group) is 2. The Morgan fingerprint density at radius 3 is 2.45 bits per heavy atom. The van der Waals surface area contributed by atoms with Gasteiger partial charge in [0, 0.05) is 25.0 Å². The van der Waals surface area contributed by atoms with Gasteiger partial charge in [-0.05, 0) is 80.7 Å². The predicted molar refractivity (Wildman–Crippen MR) is 162 cm³/mol. The third-order valence-electron chi connectivity index (χ3n) is 6.93. The fourth-order valence-corrected chi connectivity index (χ4v) is 5.09. The van der Waals surface area contributed by atoms with E-state index in [2.05, 4.69) is 58.7 Å². The molecule has 0 saturated heterocycles. The van der Waals surface area contributed by atoms with Crippen molar-refractivity contribution < 1.29 is 14.3 Å². The number of hydrogen-bond acceptors (Lipinski definition) is 8. The van der Waals surface area contributed by atoms with Gasteiger partial charge in [-0.25, -0.2) is 4.98 Å².